The molecule has 74 valence electrons. The summed E-state index contributed by atoms with van der Waals surface area (Å²) in [7, 11) is 0. The fourth-order valence-electron chi connectivity index (χ4n) is 1.28. The molecule has 1 aliphatic heterocycles. The molecule has 1 aliphatic rings. The van der Waals surface area contributed by atoms with Crippen molar-refractivity contribution in [3.63, 3.8) is 0 Å². The Hall–Kier alpha value is -0.860. The highest BCUT2D eigenvalue weighted by Gasteiger charge is 2.12. The number of halogens is 2. The van der Waals surface area contributed by atoms with Crippen LogP contribution in [0, 0.1) is 0 Å². The smallest absolute Gasteiger partial charge is 0.265 e. The first kappa shape index (κ1) is 10.2. The molecule has 0 unspecified atom stereocenters. The van der Waals surface area contributed by atoms with Gasteiger partial charge in [0.15, 0.2) is 0 Å². The van der Waals surface area contributed by atoms with Crippen LogP contribution in [0.1, 0.15) is 19.8 Å². The number of hydrogen-bond acceptors (Lipinski definition) is 1. The van der Waals surface area contributed by atoms with E-state index < -0.39 is 6.43 Å². The largest absolute Gasteiger partial charge is 0.373 e. The third-order valence-corrected chi connectivity index (χ3v) is 2.03. The van der Waals surface area contributed by atoms with Gasteiger partial charge >= 0.3 is 0 Å². The highest BCUT2D eigenvalue weighted by atomic mass is 19.3. The van der Waals surface area contributed by atoms with Gasteiger partial charge in [-0.3, -0.25) is 0 Å². The van der Waals surface area contributed by atoms with Gasteiger partial charge in [0.25, 0.3) is 6.43 Å². The van der Waals surface area contributed by atoms with Crippen LogP contribution in [0.15, 0.2) is 23.9 Å². The average Bonchev–Trinajstić information content (AvgIpc) is 2.15. The molecular weight excluding hydrogens is 172 g/mol. The summed E-state index contributed by atoms with van der Waals surface area (Å²) in [6, 6.07) is 0. The third-order valence-electron chi connectivity index (χ3n) is 2.03. The van der Waals surface area contributed by atoms with Gasteiger partial charge in [0.05, 0.1) is 0 Å². The van der Waals surface area contributed by atoms with Crippen molar-refractivity contribution in [1.29, 1.82) is 0 Å². The van der Waals surface area contributed by atoms with Crippen molar-refractivity contribution in [3.8, 4) is 0 Å². The van der Waals surface area contributed by atoms with Gasteiger partial charge in [-0.2, -0.15) is 0 Å². The summed E-state index contributed by atoms with van der Waals surface area (Å²) in [4.78, 5) is 1.94. The first-order valence-corrected chi connectivity index (χ1v) is 4.64. The normalized spacial score (nSPS) is 16.6. The van der Waals surface area contributed by atoms with Gasteiger partial charge in [0.2, 0.25) is 0 Å². The van der Waals surface area contributed by atoms with Crippen LogP contribution < -0.4 is 0 Å². The molecule has 1 heterocycles. The molecule has 0 saturated carbocycles. The molecule has 0 radical (unpaired) electrons. The van der Waals surface area contributed by atoms with Gasteiger partial charge in [-0.15, -0.1) is 0 Å². The maximum atomic E-state index is 12.3. The number of allylic oxidation sites excluding steroid dienone is 2. The number of nitrogens with zero attached hydrogens (tertiary/aromatic N) is 1. The zero-order valence-corrected chi connectivity index (χ0v) is 7.84. The average molecular weight is 187 g/mol. The lowest BCUT2D eigenvalue weighted by Gasteiger charge is -2.22. The first-order valence-electron chi connectivity index (χ1n) is 4.64. The van der Waals surface area contributed by atoms with E-state index >= 15 is 0 Å². The standard InChI is InChI=1S/C10H15F2N/c1-2-3-6-13-7-4-5-9(8-13)10(11)12/h4-5,8,10H,2-3,6-7H2,1H3. The minimum Gasteiger partial charge on any atom is -0.373 e. The Balaban J connectivity index is 2.46. The summed E-state index contributed by atoms with van der Waals surface area (Å²) in [5, 5.41) is 0. The maximum Gasteiger partial charge on any atom is 0.265 e. The van der Waals surface area contributed by atoms with Crippen LogP contribution in [0.25, 0.3) is 0 Å². The molecule has 3 heteroatoms. The van der Waals surface area contributed by atoms with Crippen molar-refractivity contribution in [3.05, 3.63) is 23.9 Å². The summed E-state index contributed by atoms with van der Waals surface area (Å²) in [5.74, 6) is 0. The predicted octanol–water partition coefficient (Wildman–Crippen LogP) is 2.81. The first-order chi connectivity index (χ1) is 6.24. The van der Waals surface area contributed by atoms with Crippen LogP contribution in [0.5, 0.6) is 0 Å². The van der Waals surface area contributed by atoms with Crippen molar-refractivity contribution in [2.24, 2.45) is 0 Å². The van der Waals surface area contributed by atoms with E-state index in [4.69, 9.17) is 0 Å². The second kappa shape index (κ2) is 5.00. The van der Waals surface area contributed by atoms with Crippen LogP contribution in [-0.4, -0.2) is 24.4 Å². The summed E-state index contributed by atoms with van der Waals surface area (Å²) in [6.07, 6.45) is 4.67. The fourth-order valence-corrected chi connectivity index (χ4v) is 1.28. The Labute approximate surface area is 77.7 Å². The minimum atomic E-state index is -2.35. The highest BCUT2D eigenvalue weighted by Crippen LogP contribution is 2.15. The zero-order chi connectivity index (χ0) is 9.68. The number of unbranched alkanes of at least 4 members (excludes halogenated alkanes) is 1. The quantitative estimate of drug-likeness (QED) is 0.654. The second-order valence-corrected chi connectivity index (χ2v) is 3.18. The van der Waals surface area contributed by atoms with E-state index in [1.807, 2.05) is 4.90 Å². The Morgan fingerprint density at radius 2 is 2.31 bits per heavy atom. The van der Waals surface area contributed by atoms with Crippen LogP contribution >= 0.6 is 0 Å². The molecule has 0 fully saturated rings. The minimum absolute atomic E-state index is 0.127. The van der Waals surface area contributed by atoms with Gasteiger partial charge in [-0.1, -0.05) is 25.5 Å². The fraction of sp³-hybridized carbons (Fsp3) is 0.600. The lowest BCUT2D eigenvalue weighted by molar-refractivity contribution is 0.189. The molecular formula is C10H15F2N. The number of hydrogen-bond donors (Lipinski definition) is 0. The van der Waals surface area contributed by atoms with E-state index in [-0.39, 0.29) is 5.57 Å². The Morgan fingerprint density at radius 1 is 1.54 bits per heavy atom. The van der Waals surface area contributed by atoms with E-state index in [0.717, 1.165) is 25.9 Å². The molecule has 1 rings (SSSR count). The van der Waals surface area contributed by atoms with Gasteiger partial charge in [0.1, 0.15) is 0 Å². The third kappa shape index (κ3) is 3.17. The van der Waals surface area contributed by atoms with Gasteiger partial charge < -0.3 is 4.90 Å². The molecule has 1 nitrogen and oxygen atoms in total. The SMILES string of the molecule is CCCCN1C=C(C(F)F)C=CC1. The molecule has 13 heavy (non-hydrogen) atoms. The van der Waals surface area contributed by atoms with E-state index in [2.05, 4.69) is 6.92 Å². The molecule has 0 spiro atoms. The lowest BCUT2D eigenvalue weighted by Crippen LogP contribution is -2.22. The van der Waals surface area contributed by atoms with Gasteiger partial charge in [-0.25, -0.2) is 8.78 Å². The van der Waals surface area contributed by atoms with Crippen molar-refractivity contribution in [2.45, 2.75) is 26.2 Å². The van der Waals surface area contributed by atoms with Gasteiger partial charge in [-0.05, 0) is 6.42 Å². The molecule has 0 bridgehead atoms. The summed E-state index contributed by atoms with van der Waals surface area (Å²) in [6.45, 7) is 3.73. The Morgan fingerprint density at radius 3 is 2.92 bits per heavy atom. The maximum absolute atomic E-state index is 12.3. The zero-order valence-electron chi connectivity index (χ0n) is 7.84. The molecule has 0 aromatic rings. The van der Waals surface area contributed by atoms with E-state index in [1.165, 1.54) is 6.08 Å². The topological polar surface area (TPSA) is 3.24 Å². The number of alkyl halides is 2. The Bertz CT molecular complexity index is 209. The van der Waals surface area contributed by atoms with Crippen molar-refractivity contribution >= 4 is 0 Å². The molecule has 0 N–H and O–H groups in total. The van der Waals surface area contributed by atoms with Gasteiger partial charge in [0, 0.05) is 24.9 Å². The van der Waals surface area contributed by atoms with Crippen LogP contribution in [0.3, 0.4) is 0 Å². The molecule has 0 amide bonds. The summed E-state index contributed by atoms with van der Waals surface area (Å²) in [5.41, 5.74) is 0.127. The van der Waals surface area contributed by atoms with E-state index in [1.54, 1.807) is 12.3 Å². The Kier molecular flexibility index (Phi) is 3.93. The van der Waals surface area contributed by atoms with E-state index in [9.17, 15) is 8.78 Å². The van der Waals surface area contributed by atoms with Crippen molar-refractivity contribution < 1.29 is 8.78 Å². The van der Waals surface area contributed by atoms with Crippen LogP contribution in [0.4, 0.5) is 8.78 Å². The molecule has 0 atom stereocenters. The van der Waals surface area contributed by atoms with Crippen molar-refractivity contribution in [1.82, 2.24) is 4.90 Å². The predicted molar refractivity (Wildman–Crippen MR) is 49.7 cm³/mol. The molecule has 0 aromatic carbocycles. The van der Waals surface area contributed by atoms with Crippen LogP contribution in [0.2, 0.25) is 0 Å². The summed E-state index contributed by atoms with van der Waals surface area (Å²) >= 11 is 0. The lowest BCUT2D eigenvalue weighted by atomic mass is 10.2. The monoisotopic (exact) mass is 187 g/mol. The molecule has 0 saturated heterocycles. The van der Waals surface area contributed by atoms with Crippen LogP contribution in [-0.2, 0) is 0 Å². The molecule has 0 aliphatic carbocycles. The second-order valence-electron chi connectivity index (χ2n) is 3.18. The highest BCUT2D eigenvalue weighted by molar-refractivity contribution is 5.24. The summed E-state index contributed by atoms with van der Waals surface area (Å²) < 4.78 is 24.5. The van der Waals surface area contributed by atoms with Crippen molar-refractivity contribution in [2.75, 3.05) is 13.1 Å². The molecule has 0 aromatic heterocycles. The van der Waals surface area contributed by atoms with E-state index in [0.29, 0.717) is 0 Å². The number of rotatable bonds is 4.